The number of carboxylic acid groups (broad SMARTS) is 1. The number of hydrogen-bond acceptors (Lipinski definition) is 5. The lowest BCUT2D eigenvalue weighted by Gasteiger charge is -2.33. The van der Waals surface area contributed by atoms with Crippen LogP contribution in [0.1, 0.15) is 11.4 Å². The number of fused-ring (bicyclic) bond motifs is 2. The van der Waals surface area contributed by atoms with Crippen molar-refractivity contribution in [3.05, 3.63) is 51.5 Å². The van der Waals surface area contributed by atoms with Crippen LogP contribution in [-0.2, 0) is 16.1 Å². The van der Waals surface area contributed by atoms with Gasteiger partial charge in [0.2, 0.25) is 0 Å². The van der Waals surface area contributed by atoms with Gasteiger partial charge in [-0.1, -0.05) is 35.3 Å². The summed E-state index contributed by atoms with van der Waals surface area (Å²) in [6, 6.07) is 10.4. The quantitative estimate of drug-likeness (QED) is 0.674. The maximum atomic E-state index is 12.8. The van der Waals surface area contributed by atoms with E-state index < -0.39 is 24.4 Å². The second kappa shape index (κ2) is 6.99. The molecule has 0 saturated carbocycles. The number of thiazole rings is 1. The summed E-state index contributed by atoms with van der Waals surface area (Å²) in [7, 11) is 0. The van der Waals surface area contributed by atoms with E-state index in [2.05, 4.69) is 4.98 Å². The van der Waals surface area contributed by atoms with E-state index >= 15 is 0 Å². The molecule has 4 rings (SSSR count). The first-order valence-electron chi connectivity index (χ1n) is 7.96. The number of para-hydroxylation sites is 2. The van der Waals surface area contributed by atoms with Gasteiger partial charge in [0.25, 0.3) is 5.91 Å². The van der Waals surface area contributed by atoms with Gasteiger partial charge in [-0.2, -0.15) is 0 Å². The molecule has 1 N–H and O–H groups in total. The largest absolute Gasteiger partial charge is 0.481 e. The molecule has 0 radical (unpaired) electrons. The summed E-state index contributed by atoms with van der Waals surface area (Å²) in [4.78, 5) is 29.9. The van der Waals surface area contributed by atoms with E-state index in [-0.39, 0.29) is 6.54 Å². The molecule has 1 unspecified atom stereocenters. The van der Waals surface area contributed by atoms with Crippen molar-refractivity contribution in [2.24, 2.45) is 0 Å². The van der Waals surface area contributed by atoms with Crippen molar-refractivity contribution in [3.8, 4) is 5.75 Å². The minimum atomic E-state index is -1.11. The number of carboxylic acids is 1. The number of aromatic nitrogens is 1. The van der Waals surface area contributed by atoms with E-state index in [1.165, 1.54) is 16.2 Å². The van der Waals surface area contributed by atoms with Crippen LogP contribution in [0.2, 0.25) is 10.0 Å². The van der Waals surface area contributed by atoms with E-state index in [0.717, 1.165) is 4.70 Å². The maximum absolute atomic E-state index is 12.8. The van der Waals surface area contributed by atoms with Crippen molar-refractivity contribution in [2.45, 2.75) is 19.1 Å². The van der Waals surface area contributed by atoms with Gasteiger partial charge in [-0.3, -0.25) is 14.5 Å². The first-order valence-corrected chi connectivity index (χ1v) is 9.53. The van der Waals surface area contributed by atoms with Gasteiger partial charge in [-0.05, 0) is 24.3 Å². The molecule has 0 saturated heterocycles. The minimum Gasteiger partial charge on any atom is -0.481 e. The van der Waals surface area contributed by atoms with Crippen LogP contribution >= 0.6 is 34.5 Å². The number of carbonyl (C=O) groups excluding carboxylic acids is 1. The molecule has 2 heterocycles. The van der Waals surface area contributed by atoms with Gasteiger partial charge in [0, 0.05) is 0 Å². The first-order chi connectivity index (χ1) is 12.9. The fourth-order valence-electron chi connectivity index (χ4n) is 2.92. The molecular weight excluding hydrogens is 411 g/mol. The van der Waals surface area contributed by atoms with Crippen molar-refractivity contribution in [1.82, 2.24) is 4.98 Å². The molecule has 0 aliphatic carbocycles. The van der Waals surface area contributed by atoms with Gasteiger partial charge in [0.15, 0.2) is 6.10 Å². The molecule has 0 fully saturated rings. The zero-order chi connectivity index (χ0) is 19.1. The third-order valence-electron chi connectivity index (χ3n) is 4.11. The highest BCUT2D eigenvalue weighted by molar-refractivity contribution is 7.19. The fraction of sp³-hybridized carbons (Fsp3) is 0.167. The summed E-state index contributed by atoms with van der Waals surface area (Å²) in [5.74, 6) is -1.07. The molecule has 0 spiro atoms. The molecule has 3 aromatic rings. The number of ether oxygens (including phenoxy) is 1. The average molecular weight is 423 g/mol. The van der Waals surface area contributed by atoms with Crippen molar-refractivity contribution in [3.63, 3.8) is 0 Å². The Bertz CT molecular complexity index is 1030. The number of carbonyl (C=O) groups is 2. The molecule has 1 amide bonds. The van der Waals surface area contributed by atoms with Gasteiger partial charge in [-0.15, -0.1) is 11.3 Å². The predicted octanol–water partition coefficient (Wildman–Crippen LogP) is 4.37. The number of anilines is 1. The third-order valence-corrected chi connectivity index (χ3v) is 5.92. The van der Waals surface area contributed by atoms with Crippen molar-refractivity contribution in [1.29, 1.82) is 0 Å². The summed E-state index contributed by atoms with van der Waals surface area (Å²) in [5, 5.41) is 10.7. The second-order valence-electron chi connectivity index (χ2n) is 5.91. The Hall–Kier alpha value is -2.35. The summed E-state index contributed by atoms with van der Waals surface area (Å²) in [6.45, 7) is 0.168. The Morgan fingerprint density at radius 3 is 2.70 bits per heavy atom. The lowest BCUT2D eigenvalue weighted by atomic mass is 10.1. The van der Waals surface area contributed by atoms with Crippen molar-refractivity contribution < 1.29 is 19.4 Å². The monoisotopic (exact) mass is 422 g/mol. The molecular formula is C18H12Cl2N2O4S. The summed E-state index contributed by atoms with van der Waals surface area (Å²) in [5.41, 5.74) is 1.15. The molecule has 1 aromatic heterocycles. The van der Waals surface area contributed by atoms with E-state index in [1.807, 2.05) is 0 Å². The molecule has 1 atom stereocenters. The number of rotatable bonds is 4. The molecule has 27 heavy (non-hydrogen) atoms. The van der Waals surface area contributed by atoms with E-state index in [1.54, 1.807) is 36.4 Å². The van der Waals surface area contributed by atoms with Crippen LogP contribution < -0.4 is 9.64 Å². The summed E-state index contributed by atoms with van der Waals surface area (Å²) in [6.07, 6.45) is -1.50. The Morgan fingerprint density at radius 2 is 1.96 bits per heavy atom. The van der Waals surface area contributed by atoms with Crippen LogP contribution in [0.4, 0.5) is 5.69 Å². The van der Waals surface area contributed by atoms with Crippen LogP contribution in [0.25, 0.3) is 10.2 Å². The Kier molecular flexibility index (Phi) is 4.67. The second-order valence-corrected chi connectivity index (χ2v) is 7.81. The normalized spacial score (nSPS) is 16.3. The zero-order valence-electron chi connectivity index (χ0n) is 13.7. The highest BCUT2D eigenvalue weighted by atomic mass is 35.5. The van der Waals surface area contributed by atoms with Crippen LogP contribution in [0, 0.1) is 0 Å². The Morgan fingerprint density at radius 1 is 1.22 bits per heavy atom. The van der Waals surface area contributed by atoms with Gasteiger partial charge in [0.05, 0.1) is 33.4 Å². The van der Waals surface area contributed by atoms with Crippen molar-refractivity contribution in [2.75, 3.05) is 4.90 Å². The van der Waals surface area contributed by atoms with Gasteiger partial charge in [0.1, 0.15) is 16.3 Å². The van der Waals surface area contributed by atoms with E-state index in [9.17, 15) is 9.59 Å². The standard InChI is InChI=1S/C18H12Cl2N2O4S/c19-9-5-6-10(20)17-16(9)21-14(27-17)8-22-11-3-1-2-4-12(11)26-13(18(22)25)7-15(23)24/h1-6,13H,7-8H2,(H,23,24). The zero-order valence-corrected chi connectivity index (χ0v) is 16.0. The van der Waals surface area contributed by atoms with Crippen LogP contribution in [-0.4, -0.2) is 28.1 Å². The third kappa shape index (κ3) is 3.34. The van der Waals surface area contributed by atoms with Gasteiger partial charge in [-0.25, -0.2) is 4.98 Å². The molecule has 9 heteroatoms. The molecule has 0 bridgehead atoms. The van der Waals surface area contributed by atoms with E-state index in [4.69, 9.17) is 33.0 Å². The molecule has 6 nitrogen and oxygen atoms in total. The van der Waals surface area contributed by atoms with Crippen LogP contribution in [0.15, 0.2) is 36.4 Å². The highest BCUT2D eigenvalue weighted by Gasteiger charge is 2.36. The van der Waals surface area contributed by atoms with Gasteiger partial charge < -0.3 is 9.84 Å². The number of halogens is 2. The van der Waals surface area contributed by atoms with Gasteiger partial charge >= 0.3 is 5.97 Å². The number of aliphatic carboxylic acids is 1. The molecule has 1 aliphatic heterocycles. The summed E-state index contributed by atoms with van der Waals surface area (Å²) < 4.78 is 6.33. The first kappa shape index (κ1) is 18.0. The molecule has 1 aliphatic rings. The predicted molar refractivity (Wildman–Crippen MR) is 104 cm³/mol. The smallest absolute Gasteiger partial charge is 0.307 e. The Balaban J connectivity index is 1.73. The number of hydrogen-bond donors (Lipinski definition) is 1. The number of nitrogens with zero attached hydrogens (tertiary/aromatic N) is 2. The summed E-state index contributed by atoms with van der Waals surface area (Å²) >= 11 is 13.8. The topological polar surface area (TPSA) is 79.7 Å². The SMILES string of the molecule is O=C(O)CC1Oc2ccccc2N(Cc2nc3c(Cl)ccc(Cl)c3s2)C1=O. The van der Waals surface area contributed by atoms with E-state index in [0.29, 0.717) is 32.0 Å². The van der Waals surface area contributed by atoms with Crippen LogP contribution in [0.5, 0.6) is 5.75 Å². The minimum absolute atomic E-state index is 0.168. The van der Waals surface area contributed by atoms with Crippen molar-refractivity contribution >= 4 is 62.3 Å². The lowest BCUT2D eigenvalue weighted by molar-refractivity contribution is -0.142. The number of benzene rings is 2. The number of amides is 1. The fourth-order valence-corrected chi connectivity index (χ4v) is 4.43. The van der Waals surface area contributed by atoms with Crippen LogP contribution in [0.3, 0.4) is 0 Å². The lowest BCUT2D eigenvalue weighted by Crippen LogP contribution is -2.46. The Labute approximate surface area is 167 Å². The molecule has 2 aromatic carbocycles. The maximum Gasteiger partial charge on any atom is 0.307 e. The highest BCUT2D eigenvalue weighted by Crippen LogP contribution is 2.38. The molecule has 138 valence electrons. The average Bonchev–Trinajstić information content (AvgIpc) is 3.07.